The van der Waals surface area contributed by atoms with Gasteiger partial charge in [-0.3, -0.25) is 0 Å². The van der Waals surface area contributed by atoms with Crippen LogP contribution in [0.3, 0.4) is 0 Å². The quantitative estimate of drug-likeness (QED) is 0.709. The second-order valence-electron chi connectivity index (χ2n) is 2.13. The van der Waals surface area contributed by atoms with Gasteiger partial charge < -0.3 is 0 Å². The summed E-state index contributed by atoms with van der Waals surface area (Å²) in [5.74, 6) is 0. The van der Waals surface area contributed by atoms with Gasteiger partial charge in [0.05, 0.1) is 10.6 Å². The van der Waals surface area contributed by atoms with Gasteiger partial charge in [-0.05, 0) is 12.1 Å². The second-order valence-corrected chi connectivity index (χ2v) is 3.50. The number of hydrogen-bond acceptors (Lipinski definition) is 1. The number of nitrogens with zero attached hydrogens (tertiary/aromatic N) is 1. The average Bonchev–Trinajstić information content (AvgIpc) is 2.08. The van der Waals surface area contributed by atoms with E-state index < -0.39 is 0 Å². The molecule has 0 heterocycles. The Morgan fingerprint density at radius 3 is 2.33 bits per heavy atom. The molecule has 0 aliphatic rings. The zero-order chi connectivity index (χ0) is 9.14. The first-order valence-electron chi connectivity index (χ1n) is 3.13. The van der Waals surface area contributed by atoms with Crippen molar-refractivity contribution in [1.82, 2.24) is 0 Å². The maximum Gasteiger partial charge on any atom is 0.101 e. The molecule has 0 amide bonds. The molecule has 0 aliphatic heterocycles. The van der Waals surface area contributed by atoms with Crippen molar-refractivity contribution < 1.29 is 0 Å². The molecule has 0 saturated carbocycles. The zero-order valence-electron chi connectivity index (χ0n) is 5.94. The molecule has 1 nitrogen and oxygen atoms in total. The third-order valence-corrected chi connectivity index (χ3v) is 2.68. The molecule has 4 heteroatoms. The van der Waals surface area contributed by atoms with E-state index in [4.69, 9.17) is 28.5 Å². The molecule has 0 unspecified atom stereocenters. The van der Waals surface area contributed by atoms with Crippen molar-refractivity contribution in [2.75, 3.05) is 0 Å². The minimum Gasteiger partial charge on any atom is -0.192 e. The van der Waals surface area contributed by atoms with Gasteiger partial charge in [0.2, 0.25) is 0 Å². The number of hydrogen-bond donors (Lipinski definition) is 0. The lowest BCUT2D eigenvalue weighted by atomic mass is 10.1. The summed E-state index contributed by atoms with van der Waals surface area (Å²) in [5, 5.41) is 10.3. The molecule has 0 radical (unpaired) electrons. The summed E-state index contributed by atoms with van der Waals surface area (Å²) in [6, 6.07) is 5.31. The van der Waals surface area contributed by atoms with Gasteiger partial charge in [0.15, 0.2) is 0 Å². The summed E-state index contributed by atoms with van der Waals surface area (Å²) in [4.78, 5) is 0. The minimum atomic E-state index is 0.441. The van der Waals surface area contributed by atoms with Crippen molar-refractivity contribution in [2.45, 2.75) is 5.33 Å². The molecule has 1 rings (SSSR count). The Kier molecular flexibility index (Phi) is 3.39. The molecule has 1 aromatic rings. The van der Waals surface area contributed by atoms with E-state index in [0.29, 0.717) is 20.9 Å². The molecular formula is C8H4BrCl2N. The van der Waals surface area contributed by atoms with Crippen molar-refractivity contribution in [1.29, 1.82) is 5.26 Å². The lowest BCUT2D eigenvalue weighted by molar-refractivity contribution is 1.37. The van der Waals surface area contributed by atoms with Gasteiger partial charge in [-0.25, -0.2) is 0 Å². The summed E-state index contributed by atoms with van der Waals surface area (Å²) < 4.78 is 0. The Hall–Kier alpha value is -0.230. The Balaban J connectivity index is 3.41. The van der Waals surface area contributed by atoms with Crippen molar-refractivity contribution in [2.24, 2.45) is 0 Å². The van der Waals surface area contributed by atoms with Gasteiger partial charge in [0, 0.05) is 15.9 Å². The van der Waals surface area contributed by atoms with Crippen LogP contribution in [-0.4, -0.2) is 0 Å². The molecule has 0 aliphatic carbocycles. The summed E-state index contributed by atoms with van der Waals surface area (Å²) >= 11 is 14.9. The predicted molar refractivity (Wildman–Crippen MR) is 53.8 cm³/mol. The van der Waals surface area contributed by atoms with Gasteiger partial charge in [0.1, 0.15) is 6.07 Å². The molecule has 0 atom stereocenters. The monoisotopic (exact) mass is 263 g/mol. The van der Waals surface area contributed by atoms with Gasteiger partial charge >= 0.3 is 0 Å². The molecule has 12 heavy (non-hydrogen) atoms. The molecular weight excluding hydrogens is 261 g/mol. The van der Waals surface area contributed by atoms with Gasteiger partial charge in [-0.2, -0.15) is 5.26 Å². The van der Waals surface area contributed by atoms with Crippen molar-refractivity contribution in [3.05, 3.63) is 33.3 Å². The van der Waals surface area contributed by atoms with Crippen LogP contribution in [0, 0.1) is 11.3 Å². The van der Waals surface area contributed by atoms with Crippen LogP contribution in [0.2, 0.25) is 10.0 Å². The highest BCUT2D eigenvalue weighted by atomic mass is 79.9. The van der Waals surface area contributed by atoms with Gasteiger partial charge in [0.25, 0.3) is 0 Å². The number of halogens is 3. The van der Waals surface area contributed by atoms with Crippen molar-refractivity contribution in [3.8, 4) is 6.07 Å². The van der Waals surface area contributed by atoms with E-state index >= 15 is 0 Å². The van der Waals surface area contributed by atoms with E-state index in [0.717, 1.165) is 5.56 Å². The molecule has 0 bridgehead atoms. The number of nitriles is 1. The maximum absolute atomic E-state index is 8.74. The van der Waals surface area contributed by atoms with Crippen LogP contribution < -0.4 is 0 Å². The largest absolute Gasteiger partial charge is 0.192 e. The van der Waals surface area contributed by atoms with E-state index in [2.05, 4.69) is 15.9 Å². The highest BCUT2D eigenvalue weighted by Gasteiger charge is 2.08. The zero-order valence-corrected chi connectivity index (χ0v) is 9.04. The normalized spacial score (nSPS) is 9.50. The molecule has 0 aromatic heterocycles. The number of rotatable bonds is 1. The Morgan fingerprint density at radius 1 is 1.33 bits per heavy atom. The number of benzene rings is 1. The van der Waals surface area contributed by atoms with Crippen LogP contribution in [0.5, 0.6) is 0 Å². The fourth-order valence-electron chi connectivity index (χ4n) is 0.845. The van der Waals surface area contributed by atoms with E-state index in [9.17, 15) is 0 Å². The molecule has 0 fully saturated rings. The topological polar surface area (TPSA) is 23.8 Å². The van der Waals surface area contributed by atoms with Crippen LogP contribution in [-0.2, 0) is 5.33 Å². The first-order chi connectivity index (χ1) is 5.70. The Labute approximate surface area is 89.0 Å². The predicted octanol–water partition coefficient (Wildman–Crippen LogP) is 3.76. The molecule has 0 saturated heterocycles. The van der Waals surface area contributed by atoms with Crippen molar-refractivity contribution in [3.63, 3.8) is 0 Å². The number of alkyl halides is 1. The smallest absolute Gasteiger partial charge is 0.101 e. The minimum absolute atomic E-state index is 0.441. The lowest BCUT2D eigenvalue weighted by Crippen LogP contribution is -1.88. The lowest BCUT2D eigenvalue weighted by Gasteiger charge is -2.03. The molecule has 0 N–H and O–H groups in total. The maximum atomic E-state index is 8.74. The summed E-state index contributed by atoms with van der Waals surface area (Å²) in [5.41, 5.74) is 1.19. The van der Waals surface area contributed by atoms with E-state index in [1.807, 2.05) is 6.07 Å². The Morgan fingerprint density at radius 2 is 1.92 bits per heavy atom. The first-order valence-corrected chi connectivity index (χ1v) is 5.01. The third-order valence-electron chi connectivity index (χ3n) is 1.45. The molecule has 62 valence electrons. The fraction of sp³-hybridized carbons (Fsp3) is 0.125. The van der Waals surface area contributed by atoms with Crippen LogP contribution in [0.25, 0.3) is 0 Å². The molecule has 1 aromatic carbocycles. The van der Waals surface area contributed by atoms with Gasteiger partial charge in [-0.1, -0.05) is 39.1 Å². The van der Waals surface area contributed by atoms with Crippen LogP contribution in [0.15, 0.2) is 12.1 Å². The Bertz CT molecular complexity index is 344. The highest BCUT2D eigenvalue weighted by Crippen LogP contribution is 2.27. The summed E-state index contributed by atoms with van der Waals surface area (Å²) in [6.07, 6.45) is 0. The van der Waals surface area contributed by atoms with Crippen LogP contribution >= 0.6 is 39.1 Å². The molecule has 0 spiro atoms. The van der Waals surface area contributed by atoms with E-state index in [1.165, 1.54) is 0 Å². The average molecular weight is 265 g/mol. The highest BCUT2D eigenvalue weighted by molar-refractivity contribution is 9.08. The second kappa shape index (κ2) is 4.13. The fourth-order valence-corrected chi connectivity index (χ4v) is 2.03. The first kappa shape index (κ1) is 9.85. The standard InChI is InChI=1S/C8H4BrCl2N/c9-3-5-6(4-12)8(11)2-1-7(5)10/h1-2H,3H2. The van der Waals surface area contributed by atoms with E-state index in [1.54, 1.807) is 12.1 Å². The summed E-state index contributed by atoms with van der Waals surface area (Å²) in [7, 11) is 0. The third kappa shape index (κ3) is 1.74. The summed E-state index contributed by atoms with van der Waals surface area (Å²) in [6.45, 7) is 0. The van der Waals surface area contributed by atoms with E-state index in [-0.39, 0.29) is 0 Å². The van der Waals surface area contributed by atoms with Crippen LogP contribution in [0.4, 0.5) is 0 Å². The van der Waals surface area contributed by atoms with Crippen LogP contribution in [0.1, 0.15) is 11.1 Å². The van der Waals surface area contributed by atoms with Crippen molar-refractivity contribution >= 4 is 39.1 Å². The SMILES string of the molecule is N#Cc1c(Cl)ccc(Cl)c1CBr. The van der Waals surface area contributed by atoms with Gasteiger partial charge in [-0.15, -0.1) is 0 Å².